The summed E-state index contributed by atoms with van der Waals surface area (Å²) >= 11 is 0. The fraction of sp³-hybridized carbons (Fsp3) is 0.636. The smallest absolute Gasteiger partial charge is 0.306 e. The van der Waals surface area contributed by atoms with E-state index >= 15 is 0 Å². The van der Waals surface area contributed by atoms with Gasteiger partial charge in [-0.05, 0) is 135 Å². The van der Waals surface area contributed by atoms with Gasteiger partial charge in [-0.15, -0.1) is 0 Å². The lowest BCUT2D eigenvalue weighted by molar-refractivity contribution is -0.870. The van der Waals surface area contributed by atoms with Gasteiger partial charge in [-0.1, -0.05) is 344 Å². The van der Waals surface area contributed by atoms with Crippen molar-refractivity contribution in [3.63, 3.8) is 0 Å². The van der Waals surface area contributed by atoms with E-state index in [-0.39, 0.29) is 32.0 Å². The summed E-state index contributed by atoms with van der Waals surface area (Å²) in [4.78, 5) is 38.2. The molecule has 0 spiro atoms. The zero-order valence-corrected chi connectivity index (χ0v) is 64.3. The number of quaternary nitrogens is 1. The maximum absolute atomic E-state index is 12.9. The highest BCUT2D eigenvalue weighted by molar-refractivity contribution is 7.45. The first-order valence-corrected chi connectivity index (χ1v) is 41.0. The van der Waals surface area contributed by atoms with E-state index in [4.69, 9.17) is 18.5 Å². The summed E-state index contributed by atoms with van der Waals surface area (Å²) in [5, 5.41) is 0. The summed E-state index contributed by atoms with van der Waals surface area (Å²) in [6, 6.07) is 0. The second-order valence-electron chi connectivity index (χ2n) is 27.0. The topological polar surface area (TPSA) is 111 Å². The lowest BCUT2D eigenvalue weighted by atomic mass is 10.0. The molecule has 0 aliphatic heterocycles. The third kappa shape index (κ3) is 80.1. The Hall–Kier alpha value is -4.89. The van der Waals surface area contributed by atoms with Gasteiger partial charge in [0.1, 0.15) is 19.8 Å². The van der Waals surface area contributed by atoms with Gasteiger partial charge in [-0.25, -0.2) is 0 Å². The molecule has 0 radical (unpaired) electrons. The van der Waals surface area contributed by atoms with Crippen LogP contribution in [0.4, 0.5) is 0 Å². The van der Waals surface area contributed by atoms with Crippen molar-refractivity contribution in [1.82, 2.24) is 0 Å². The van der Waals surface area contributed by atoms with Gasteiger partial charge in [0.2, 0.25) is 0 Å². The van der Waals surface area contributed by atoms with Crippen LogP contribution in [0.25, 0.3) is 0 Å². The second kappa shape index (κ2) is 76.3. The number of nitrogens with zero attached hydrogens (tertiary/aromatic N) is 1. The van der Waals surface area contributed by atoms with Crippen LogP contribution in [-0.4, -0.2) is 70.0 Å². The van der Waals surface area contributed by atoms with E-state index in [9.17, 15) is 19.0 Å². The predicted octanol–water partition coefficient (Wildman–Crippen LogP) is 26.0. The van der Waals surface area contributed by atoms with Gasteiger partial charge in [0, 0.05) is 12.8 Å². The highest BCUT2D eigenvalue weighted by Crippen LogP contribution is 2.38. The van der Waals surface area contributed by atoms with Gasteiger partial charge in [-0.3, -0.25) is 14.2 Å². The molecule has 0 aromatic rings. The van der Waals surface area contributed by atoms with Crippen LogP contribution in [0, 0.1) is 0 Å². The van der Waals surface area contributed by atoms with Crippen molar-refractivity contribution in [2.75, 3.05) is 47.5 Å². The molecule has 0 N–H and O–H groups in total. The average Bonchev–Trinajstić information content (AvgIpc) is 1.23. The minimum atomic E-state index is -4.66. The maximum atomic E-state index is 12.9. The quantitative estimate of drug-likeness (QED) is 0.0195. The number of phosphoric ester groups is 1. The van der Waals surface area contributed by atoms with Crippen LogP contribution < -0.4 is 4.89 Å². The Labute approximate surface area is 603 Å². The van der Waals surface area contributed by atoms with Crippen molar-refractivity contribution in [3.8, 4) is 0 Å². The molecule has 98 heavy (non-hydrogen) atoms. The fourth-order valence-corrected chi connectivity index (χ4v) is 11.2. The van der Waals surface area contributed by atoms with Gasteiger partial charge in [-0.2, -0.15) is 0 Å². The van der Waals surface area contributed by atoms with Gasteiger partial charge >= 0.3 is 11.9 Å². The van der Waals surface area contributed by atoms with Crippen LogP contribution in [0.2, 0.25) is 0 Å². The zero-order chi connectivity index (χ0) is 71.1. The summed E-state index contributed by atoms with van der Waals surface area (Å²) in [5.41, 5.74) is 0. The number of carbonyl (C=O) groups is 2. The number of hydrogen-bond donors (Lipinski definition) is 0. The summed E-state index contributed by atoms with van der Waals surface area (Å²) in [6.07, 6.45) is 117. The number of allylic oxidation sites excluding steroid dienone is 30. The molecule has 10 heteroatoms. The summed E-state index contributed by atoms with van der Waals surface area (Å²) in [7, 11) is 1.14. The van der Waals surface area contributed by atoms with E-state index in [2.05, 4.69) is 196 Å². The van der Waals surface area contributed by atoms with E-state index in [1.54, 1.807) is 0 Å². The average molecular weight is 1380 g/mol. The summed E-state index contributed by atoms with van der Waals surface area (Å²) in [5.74, 6) is -0.857. The first-order chi connectivity index (χ1) is 48.0. The van der Waals surface area contributed by atoms with Crippen LogP contribution >= 0.6 is 7.82 Å². The number of likely N-dealkylation sites (N-methyl/N-ethyl adjacent to an activating group) is 1. The van der Waals surface area contributed by atoms with Crippen molar-refractivity contribution < 1.29 is 42.1 Å². The molecule has 0 aromatic heterocycles. The zero-order valence-electron chi connectivity index (χ0n) is 63.4. The molecule has 0 aliphatic rings. The van der Waals surface area contributed by atoms with Crippen LogP contribution in [0.5, 0.6) is 0 Å². The van der Waals surface area contributed by atoms with Crippen LogP contribution in [0.1, 0.15) is 309 Å². The maximum Gasteiger partial charge on any atom is 0.306 e. The monoisotopic (exact) mass is 1380 g/mol. The van der Waals surface area contributed by atoms with Crippen LogP contribution in [-0.2, 0) is 32.7 Å². The number of phosphoric acid groups is 1. The number of carbonyl (C=O) groups excluding carboxylic acids is 2. The number of rotatable bonds is 71. The molecular formula is C88H146NO8P. The van der Waals surface area contributed by atoms with Crippen molar-refractivity contribution in [2.45, 2.75) is 315 Å². The van der Waals surface area contributed by atoms with Crippen molar-refractivity contribution in [2.24, 2.45) is 0 Å². The van der Waals surface area contributed by atoms with E-state index < -0.39 is 26.5 Å². The lowest BCUT2D eigenvalue weighted by Gasteiger charge is -2.28. The van der Waals surface area contributed by atoms with Crippen molar-refractivity contribution in [1.29, 1.82) is 0 Å². The molecule has 2 unspecified atom stereocenters. The molecular weight excluding hydrogens is 1230 g/mol. The molecule has 9 nitrogen and oxygen atoms in total. The lowest BCUT2D eigenvalue weighted by Crippen LogP contribution is -2.37. The molecule has 0 aliphatic carbocycles. The number of esters is 2. The summed E-state index contributed by atoms with van der Waals surface area (Å²) in [6.45, 7) is 4.00. The molecule has 556 valence electrons. The van der Waals surface area contributed by atoms with Gasteiger partial charge in [0.15, 0.2) is 6.10 Å². The van der Waals surface area contributed by atoms with E-state index in [0.717, 1.165) is 148 Å². The molecule has 0 saturated carbocycles. The Kier molecular flexibility index (Phi) is 72.5. The normalized spacial score (nSPS) is 14.1. The SMILES string of the molecule is CC/C=C\C/C=C\C/C=C\C/C=C\C/C=C\C/C=C\C/C=C\C/C=C\C/C=C\C/C=C\C/C=C\CCCCCCCC(=O)OC(COC(=O)CCCCCCCCCCCCCCCCCCCCCCCC/C=C\C/C=C\C/C=C\C/C=C\CC)COP(=O)([O-])OCC[N+](C)(C)C. The standard InChI is InChI=1S/C88H146NO8P/c1-6-8-10-12-14-16-18-20-22-24-26-28-30-32-34-36-38-40-42-43-44-45-47-49-51-53-55-57-59-61-63-65-67-69-71-73-75-77-79-81-88(91)97-86(85-96-98(92,93)95-83-82-89(3,4)5)84-94-87(90)80-78-76-74-72-70-68-66-64-62-60-58-56-54-52-50-48-46-41-39-37-35-33-31-29-27-25-23-21-19-17-15-13-11-9-7-2/h8-11,14-17,20-23,26-29,32,34,38,40,43-44,47,49,53,55,59,61,65,67,86H,6-7,12-13,18-19,24-25,30-31,33,35-37,39,41-42,45-46,48,50-52,54,56-58,60,62-64,66,68-85H2,1-5H3/b10-8-,11-9-,16-14-,17-15-,22-20-,23-21-,28-26-,29-27-,34-32-,40-38-,44-43-,49-47-,55-53-,61-59-,67-65-. The molecule has 0 amide bonds. The number of ether oxygens (including phenoxy) is 2. The van der Waals surface area contributed by atoms with E-state index in [0.29, 0.717) is 17.4 Å². The highest BCUT2D eigenvalue weighted by Gasteiger charge is 2.22. The Balaban J connectivity index is 4.08. The third-order valence-electron chi connectivity index (χ3n) is 16.4. The first kappa shape index (κ1) is 93.1. The first-order valence-electron chi connectivity index (χ1n) is 39.5. The second-order valence-corrected chi connectivity index (χ2v) is 28.4. The minimum absolute atomic E-state index is 0.0425. The Morgan fingerprint density at radius 1 is 0.316 bits per heavy atom. The third-order valence-corrected chi connectivity index (χ3v) is 17.4. The molecule has 0 rings (SSSR count). The van der Waals surface area contributed by atoms with Crippen LogP contribution in [0.15, 0.2) is 182 Å². The van der Waals surface area contributed by atoms with Crippen LogP contribution in [0.3, 0.4) is 0 Å². The predicted molar refractivity (Wildman–Crippen MR) is 424 cm³/mol. The molecule has 0 heterocycles. The number of hydrogen-bond acceptors (Lipinski definition) is 8. The van der Waals surface area contributed by atoms with Crippen molar-refractivity contribution >= 4 is 19.8 Å². The molecule has 2 atom stereocenters. The van der Waals surface area contributed by atoms with Gasteiger partial charge < -0.3 is 27.9 Å². The largest absolute Gasteiger partial charge is 0.756 e. The van der Waals surface area contributed by atoms with Gasteiger partial charge in [0.05, 0.1) is 27.7 Å². The highest BCUT2D eigenvalue weighted by atomic mass is 31.2. The molecule has 0 aromatic carbocycles. The number of unbranched alkanes of at least 4 members (excludes halogenated alkanes) is 27. The Morgan fingerprint density at radius 2 is 0.551 bits per heavy atom. The molecule has 0 bridgehead atoms. The summed E-state index contributed by atoms with van der Waals surface area (Å²) < 4.78 is 34.4. The van der Waals surface area contributed by atoms with E-state index in [1.807, 2.05) is 21.1 Å². The molecule has 0 saturated heterocycles. The van der Waals surface area contributed by atoms with E-state index in [1.165, 1.54) is 128 Å². The van der Waals surface area contributed by atoms with Crippen molar-refractivity contribution in [3.05, 3.63) is 182 Å². The Bertz CT molecular complexity index is 2320. The van der Waals surface area contributed by atoms with Gasteiger partial charge in [0.25, 0.3) is 7.82 Å². The molecule has 0 fully saturated rings. The minimum Gasteiger partial charge on any atom is -0.756 e. The Morgan fingerprint density at radius 3 is 0.816 bits per heavy atom. The fourth-order valence-electron chi connectivity index (χ4n) is 10.5.